The van der Waals surface area contributed by atoms with Crippen LogP contribution in [0.1, 0.15) is 47.2 Å². The maximum Gasteiger partial charge on any atom is 0.225 e. The molecule has 1 aromatic carbocycles. The number of rotatable bonds is 7. The van der Waals surface area contributed by atoms with Gasteiger partial charge in [0.25, 0.3) is 0 Å². The summed E-state index contributed by atoms with van der Waals surface area (Å²) in [6, 6.07) is 6.66. The van der Waals surface area contributed by atoms with Gasteiger partial charge < -0.3 is 10.2 Å². The van der Waals surface area contributed by atoms with Gasteiger partial charge in [0.2, 0.25) is 5.91 Å². The summed E-state index contributed by atoms with van der Waals surface area (Å²) < 4.78 is 0. The minimum absolute atomic E-state index is 0.108. The summed E-state index contributed by atoms with van der Waals surface area (Å²) in [6.45, 7) is 11.7. The number of carbonyl (C=O) groups is 1. The van der Waals surface area contributed by atoms with Crippen molar-refractivity contribution >= 4 is 17.2 Å². The van der Waals surface area contributed by atoms with Crippen molar-refractivity contribution in [3.05, 3.63) is 39.2 Å². The molecule has 1 aliphatic heterocycles. The van der Waals surface area contributed by atoms with Crippen molar-refractivity contribution in [3.8, 4) is 11.3 Å². The first-order valence-corrected chi connectivity index (χ1v) is 10.8. The average molecular weight is 386 g/mol. The molecule has 2 heterocycles. The number of benzene rings is 1. The number of thiazole rings is 1. The monoisotopic (exact) mass is 385 g/mol. The predicted molar refractivity (Wildman–Crippen MR) is 113 cm³/mol. The van der Waals surface area contributed by atoms with Gasteiger partial charge in [-0.1, -0.05) is 24.6 Å². The number of nitrogens with zero attached hydrogens (tertiary/aromatic N) is 2. The zero-order valence-corrected chi connectivity index (χ0v) is 17.8. The third-order valence-electron chi connectivity index (χ3n) is 5.31. The zero-order valence-electron chi connectivity index (χ0n) is 17.0. The van der Waals surface area contributed by atoms with Gasteiger partial charge in [0.15, 0.2) is 0 Å². The van der Waals surface area contributed by atoms with Gasteiger partial charge in [0.05, 0.1) is 17.1 Å². The number of carbonyl (C=O) groups excluding carboxylic acids is 1. The van der Waals surface area contributed by atoms with E-state index in [4.69, 9.17) is 4.98 Å². The number of hydrogen-bond donors (Lipinski definition) is 1. The minimum Gasteiger partial charge on any atom is -0.352 e. The molecule has 0 spiro atoms. The standard InChI is InChI=1S/C22H31N3OS/c1-5-18(14-25-10-6-7-11-25)24-21(26)13-20-22(23-17(4)27-20)19-12-15(2)8-9-16(19)3/h8-9,12,18H,5-7,10-11,13-14H2,1-4H3,(H,24,26)/t18-/m0/s1. The van der Waals surface area contributed by atoms with Gasteiger partial charge in [-0.2, -0.15) is 0 Å². The van der Waals surface area contributed by atoms with Gasteiger partial charge in [-0.3, -0.25) is 4.79 Å². The second-order valence-corrected chi connectivity index (χ2v) is 8.97. The van der Waals surface area contributed by atoms with E-state index < -0.39 is 0 Å². The van der Waals surface area contributed by atoms with Crippen molar-refractivity contribution in [2.24, 2.45) is 0 Å². The van der Waals surface area contributed by atoms with Crippen molar-refractivity contribution in [1.29, 1.82) is 0 Å². The lowest BCUT2D eigenvalue weighted by Gasteiger charge is -2.23. The molecular formula is C22H31N3OS. The Kier molecular flexibility index (Phi) is 6.66. The van der Waals surface area contributed by atoms with Gasteiger partial charge in [-0.25, -0.2) is 4.98 Å². The highest BCUT2D eigenvalue weighted by Gasteiger charge is 2.20. The highest BCUT2D eigenvalue weighted by atomic mass is 32.1. The number of amides is 1. The van der Waals surface area contributed by atoms with Crippen LogP contribution in [-0.4, -0.2) is 41.5 Å². The van der Waals surface area contributed by atoms with Crippen molar-refractivity contribution in [2.45, 2.75) is 59.4 Å². The van der Waals surface area contributed by atoms with Crippen LogP contribution >= 0.6 is 11.3 Å². The molecule has 0 saturated carbocycles. The van der Waals surface area contributed by atoms with Crippen LogP contribution in [0.3, 0.4) is 0 Å². The highest BCUT2D eigenvalue weighted by molar-refractivity contribution is 7.12. The van der Waals surface area contributed by atoms with Gasteiger partial charge in [-0.15, -0.1) is 11.3 Å². The third kappa shape index (κ3) is 5.17. The summed E-state index contributed by atoms with van der Waals surface area (Å²) in [6.07, 6.45) is 3.94. The largest absolute Gasteiger partial charge is 0.352 e. The first kappa shape index (κ1) is 20.0. The van der Waals surface area contributed by atoms with Crippen LogP contribution in [0.4, 0.5) is 0 Å². The molecular weight excluding hydrogens is 354 g/mol. The fourth-order valence-corrected chi connectivity index (χ4v) is 4.72. The third-order valence-corrected chi connectivity index (χ3v) is 6.28. The fourth-order valence-electron chi connectivity index (χ4n) is 3.77. The van der Waals surface area contributed by atoms with Gasteiger partial charge >= 0.3 is 0 Å². The Bertz CT molecular complexity index is 793. The van der Waals surface area contributed by atoms with E-state index >= 15 is 0 Å². The van der Waals surface area contributed by atoms with Crippen molar-refractivity contribution < 1.29 is 4.79 Å². The van der Waals surface area contributed by atoms with E-state index in [1.165, 1.54) is 24.0 Å². The average Bonchev–Trinajstić information content (AvgIpc) is 3.26. The molecule has 1 aliphatic rings. The number of hydrogen-bond acceptors (Lipinski definition) is 4. The molecule has 0 radical (unpaired) electrons. The van der Waals surface area contributed by atoms with Crippen LogP contribution in [0.15, 0.2) is 18.2 Å². The minimum atomic E-state index is 0.108. The molecule has 1 amide bonds. The zero-order chi connectivity index (χ0) is 19.4. The molecule has 5 heteroatoms. The summed E-state index contributed by atoms with van der Waals surface area (Å²) in [4.78, 5) is 21.0. The number of nitrogens with one attached hydrogen (secondary N) is 1. The molecule has 4 nitrogen and oxygen atoms in total. The first-order chi connectivity index (χ1) is 13.0. The lowest BCUT2D eigenvalue weighted by molar-refractivity contribution is -0.121. The number of likely N-dealkylation sites (tertiary alicyclic amines) is 1. The lowest BCUT2D eigenvalue weighted by atomic mass is 10.0. The molecule has 0 unspecified atom stereocenters. The van der Waals surface area contributed by atoms with Crippen LogP contribution in [0, 0.1) is 20.8 Å². The quantitative estimate of drug-likeness (QED) is 0.774. The summed E-state index contributed by atoms with van der Waals surface area (Å²) in [5.74, 6) is 0.108. The molecule has 0 aliphatic carbocycles. The van der Waals surface area contributed by atoms with Crippen LogP contribution < -0.4 is 5.32 Å². The van der Waals surface area contributed by atoms with Crippen molar-refractivity contribution in [2.75, 3.05) is 19.6 Å². The summed E-state index contributed by atoms with van der Waals surface area (Å²) in [5, 5.41) is 4.27. The van der Waals surface area contributed by atoms with E-state index in [0.717, 1.165) is 47.2 Å². The van der Waals surface area contributed by atoms with E-state index in [0.29, 0.717) is 6.42 Å². The van der Waals surface area contributed by atoms with Crippen LogP contribution in [-0.2, 0) is 11.2 Å². The van der Waals surface area contributed by atoms with E-state index in [2.05, 4.69) is 49.2 Å². The molecule has 1 aromatic heterocycles. The van der Waals surface area contributed by atoms with Crippen LogP contribution in [0.25, 0.3) is 11.3 Å². The Morgan fingerprint density at radius 1 is 1.26 bits per heavy atom. The van der Waals surface area contributed by atoms with Gasteiger partial charge in [0.1, 0.15) is 0 Å². The summed E-state index contributed by atoms with van der Waals surface area (Å²) in [5.41, 5.74) is 4.54. The van der Waals surface area contributed by atoms with Gasteiger partial charge in [0, 0.05) is 23.0 Å². The Morgan fingerprint density at radius 3 is 2.70 bits per heavy atom. The normalized spacial score (nSPS) is 15.9. The SMILES string of the molecule is CC[C@@H](CN1CCCC1)NC(=O)Cc1sc(C)nc1-c1cc(C)ccc1C. The molecule has 0 bridgehead atoms. The van der Waals surface area contributed by atoms with Crippen LogP contribution in [0.2, 0.25) is 0 Å². The first-order valence-electron chi connectivity index (χ1n) is 10.0. The second kappa shape index (κ2) is 8.98. The highest BCUT2D eigenvalue weighted by Crippen LogP contribution is 2.31. The number of aromatic nitrogens is 1. The Labute approximate surface area is 167 Å². The fraction of sp³-hybridized carbons (Fsp3) is 0.545. The molecule has 146 valence electrons. The topological polar surface area (TPSA) is 45.2 Å². The van der Waals surface area contributed by atoms with Crippen molar-refractivity contribution in [1.82, 2.24) is 15.2 Å². The molecule has 27 heavy (non-hydrogen) atoms. The predicted octanol–water partition coefficient (Wildman–Crippen LogP) is 4.27. The Balaban J connectivity index is 1.71. The molecule has 3 rings (SSSR count). The smallest absolute Gasteiger partial charge is 0.225 e. The number of aryl methyl sites for hydroxylation is 3. The van der Waals surface area contributed by atoms with Crippen molar-refractivity contribution in [3.63, 3.8) is 0 Å². The van der Waals surface area contributed by atoms with Crippen LogP contribution in [0.5, 0.6) is 0 Å². The van der Waals surface area contributed by atoms with E-state index in [1.807, 2.05) is 6.92 Å². The molecule has 1 saturated heterocycles. The molecule has 1 fully saturated rings. The Morgan fingerprint density at radius 2 is 2.00 bits per heavy atom. The van der Waals surface area contributed by atoms with E-state index in [-0.39, 0.29) is 11.9 Å². The van der Waals surface area contributed by atoms with Gasteiger partial charge in [-0.05, 0) is 64.8 Å². The van der Waals surface area contributed by atoms with E-state index in [1.54, 1.807) is 11.3 Å². The molecule has 1 N–H and O–H groups in total. The lowest BCUT2D eigenvalue weighted by Crippen LogP contribution is -2.43. The Hall–Kier alpha value is -1.72. The summed E-state index contributed by atoms with van der Waals surface area (Å²) >= 11 is 1.64. The van der Waals surface area contributed by atoms with E-state index in [9.17, 15) is 4.79 Å². The summed E-state index contributed by atoms with van der Waals surface area (Å²) in [7, 11) is 0. The molecule has 1 atom stereocenters. The molecule has 2 aromatic rings. The maximum atomic E-state index is 12.7. The maximum absolute atomic E-state index is 12.7. The second-order valence-electron chi connectivity index (χ2n) is 7.68.